The Balaban J connectivity index is 1.67. The lowest BCUT2D eigenvalue weighted by atomic mass is 9.86. The van der Waals surface area contributed by atoms with Crippen LogP contribution in [0.1, 0.15) is 0 Å². The van der Waals surface area contributed by atoms with Crippen LogP contribution in [0.2, 0.25) is 0 Å². The lowest BCUT2D eigenvalue weighted by molar-refractivity contribution is 1.36. The van der Waals surface area contributed by atoms with E-state index in [1.165, 1.54) is 10.8 Å². The molecule has 0 unspecified atom stereocenters. The molecule has 0 saturated carbocycles. The van der Waals surface area contributed by atoms with Crippen molar-refractivity contribution in [2.24, 2.45) is 0 Å². The van der Waals surface area contributed by atoms with Crippen molar-refractivity contribution in [2.45, 2.75) is 0 Å². The Kier molecular flexibility index (Phi) is 4.52. The molecule has 0 saturated heterocycles. The van der Waals surface area contributed by atoms with Gasteiger partial charge in [0.15, 0.2) is 0 Å². The van der Waals surface area contributed by atoms with E-state index in [1.807, 2.05) is 24.7 Å². The lowest BCUT2D eigenvalue weighted by Crippen LogP contribution is -1.96. The van der Waals surface area contributed by atoms with Gasteiger partial charge in [0.2, 0.25) is 0 Å². The average Bonchev–Trinajstić information content (AvgIpc) is 2.99. The topological polar surface area (TPSA) is 38.7 Å². The van der Waals surface area contributed by atoms with Crippen molar-refractivity contribution in [1.29, 1.82) is 0 Å². The summed E-state index contributed by atoms with van der Waals surface area (Å²) in [6.45, 7) is 0. The summed E-state index contributed by atoms with van der Waals surface area (Å²) in [4.78, 5) is 14.9. The van der Waals surface area contributed by atoms with E-state index in [1.54, 1.807) is 0 Å². The quantitative estimate of drug-likeness (QED) is 0.182. The number of para-hydroxylation sites is 1. The van der Waals surface area contributed by atoms with Crippen molar-refractivity contribution < 1.29 is 0 Å². The predicted octanol–water partition coefficient (Wildman–Crippen LogP) is 8.97. The van der Waals surface area contributed by atoms with Gasteiger partial charge in [-0.25, -0.2) is 0 Å². The van der Waals surface area contributed by atoms with Gasteiger partial charge in [-0.15, -0.1) is 0 Å². The molecule has 3 nitrogen and oxygen atoms in total. The van der Waals surface area contributed by atoms with E-state index in [0.29, 0.717) is 0 Å². The van der Waals surface area contributed by atoms with Crippen LogP contribution in [0, 0.1) is 0 Å². The summed E-state index contributed by atoms with van der Waals surface area (Å²) in [6.07, 6.45) is 5.85. The maximum atomic E-state index is 5.00. The molecule has 0 spiro atoms. The van der Waals surface area contributed by atoms with Crippen LogP contribution in [0.5, 0.6) is 0 Å². The summed E-state index contributed by atoms with van der Waals surface area (Å²) >= 11 is 0. The van der Waals surface area contributed by atoms with Crippen LogP contribution in [-0.4, -0.2) is 15.0 Å². The normalized spacial score (nSPS) is 11.7. The first-order valence-electron chi connectivity index (χ1n) is 12.8. The summed E-state index contributed by atoms with van der Waals surface area (Å²) in [6, 6.07) is 38.2. The highest BCUT2D eigenvalue weighted by molar-refractivity contribution is 6.29. The Morgan fingerprint density at radius 3 is 1.53 bits per heavy atom. The third-order valence-electron chi connectivity index (χ3n) is 7.58. The maximum absolute atomic E-state index is 5.00. The van der Waals surface area contributed by atoms with Crippen molar-refractivity contribution >= 4 is 54.0 Å². The fourth-order valence-corrected chi connectivity index (χ4v) is 5.94. The zero-order valence-corrected chi connectivity index (χ0v) is 20.5. The third-order valence-corrected chi connectivity index (χ3v) is 7.58. The molecule has 5 aromatic carbocycles. The number of fused-ring (bicyclic) bond motifs is 6. The maximum Gasteiger partial charge on any atom is 0.0793 e. The van der Waals surface area contributed by atoms with Gasteiger partial charge in [-0.2, -0.15) is 0 Å². The summed E-state index contributed by atoms with van der Waals surface area (Å²) < 4.78 is 0. The van der Waals surface area contributed by atoms with Gasteiger partial charge < -0.3 is 0 Å². The Hall–Kier alpha value is -5.15. The standard InChI is InChI=1S/C35H21N3/c1-3-11-24-22(9-1)17-19-36-34(24)32-26-13-5-6-14-27(26)33(35-25-12-4-2-10-23(25)18-20-37-35)31-28-15-7-8-16-30(28)38-21-29(31)32/h1-21H. The van der Waals surface area contributed by atoms with Crippen LogP contribution in [0.3, 0.4) is 0 Å². The molecular weight excluding hydrogens is 462 g/mol. The van der Waals surface area contributed by atoms with E-state index in [0.717, 1.165) is 65.7 Å². The number of aromatic nitrogens is 3. The molecule has 0 fully saturated rings. The summed E-state index contributed by atoms with van der Waals surface area (Å²) in [5.41, 5.74) is 5.16. The number of hydrogen-bond acceptors (Lipinski definition) is 3. The van der Waals surface area contributed by atoms with Gasteiger partial charge in [-0.1, -0.05) is 91.0 Å². The molecule has 176 valence electrons. The summed E-state index contributed by atoms with van der Waals surface area (Å²) in [5, 5.41) is 10.3. The van der Waals surface area contributed by atoms with Crippen LogP contribution >= 0.6 is 0 Å². The van der Waals surface area contributed by atoms with Crippen LogP contribution in [0.15, 0.2) is 128 Å². The second kappa shape index (κ2) is 8.19. The second-order valence-corrected chi connectivity index (χ2v) is 9.62. The number of pyridine rings is 3. The molecule has 8 aromatic rings. The first-order valence-corrected chi connectivity index (χ1v) is 12.8. The van der Waals surface area contributed by atoms with E-state index < -0.39 is 0 Å². The molecule has 0 aliphatic carbocycles. The molecule has 38 heavy (non-hydrogen) atoms. The molecule has 0 bridgehead atoms. The minimum Gasteiger partial charge on any atom is -0.256 e. The van der Waals surface area contributed by atoms with Gasteiger partial charge in [0.25, 0.3) is 0 Å². The molecule has 3 heteroatoms. The zero-order chi connectivity index (χ0) is 25.1. The smallest absolute Gasteiger partial charge is 0.0793 e. The zero-order valence-electron chi connectivity index (χ0n) is 20.5. The summed E-state index contributed by atoms with van der Waals surface area (Å²) in [7, 11) is 0. The third kappa shape index (κ3) is 2.99. The minimum atomic E-state index is 0.966. The van der Waals surface area contributed by atoms with E-state index >= 15 is 0 Å². The molecule has 0 aliphatic rings. The Bertz CT molecular complexity index is 2190. The predicted molar refractivity (Wildman–Crippen MR) is 158 cm³/mol. The first kappa shape index (κ1) is 21.0. The number of benzene rings is 5. The Morgan fingerprint density at radius 2 is 0.868 bits per heavy atom. The molecule has 3 aromatic heterocycles. The molecule has 0 N–H and O–H groups in total. The van der Waals surface area contributed by atoms with Crippen LogP contribution in [0.25, 0.3) is 76.5 Å². The van der Waals surface area contributed by atoms with Crippen LogP contribution in [0.4, 0.5) is 0 Å². The molecular formula is C35H21N3. The molecule has 8 rings (SSSR count). The fraction of sp³-hybridized carbons (Fsp3) is 0. The molecule has 0 aliphatic heterocycles. The Labute approximate surface area is 219 Å². The van der Waals surface area contributed by atoms with E-state index in [2.05, 4.69) is 103 Å². The van der Waals surface area contributed by atoms with Crippen LogP contribution in [-0.2, 0) is 0 Å². The van der Waals surface area contributed by atoms with Gasteiger partial charge in [0.05, 0.1) is 16.9 Å². The molecule has 3 heterocycles. The highest BCUT2D eigenvalue weighted by atomic mass is 14.7. The van der Waals surface area contributed by atoms with E-state index in [4.69, 9.17) is 15.0 Å². The SMILES string of the molecule is c1ccc2c(-c3c4ccccc4c(-c4nccc5ccccc45)c4c3cnc3ccccc34)nccc2c1. The Morgan fingerprint density at radius 1 is 0.368 bits per heavy atom. The monoisotopic (exact) mass is 483 g/mol. The molecule has 0 radical (unpaired) electrons. The van der Waals surface area contributed by atoms with Gasteiger partial charge in [0.1, 0.15) is 0 Å². The highest BCUT2D eigenvalue weighted by Crippen LogP contribution is 2.47. The van der Waals surface area contributed by atoms with Crippen molar-refractivity contribution in [3.8, 4) is 22.5 Å². The number of hydrogen-bond donors (Lipinski definition) is 0. The van der Waals surface area contributed by atoms with Gasteiger partial charge in [-0.3, -0.25) is 15.0 Å². The van der Waals surface area contributed by atoms with E-state index in [-0.39, 0.29) is 0 Å². The van der Waals surface area contributed by atoms with Crippen molar-refractivity contribution in [3.05, 3.63) is 128 Å². The minimum absolute atomic E-state index is 0.966. The van der Waals surface area contributed by atoms with Crippen molar-refractivity contribution in [3.63, 3.8) is 0 Å². The second-order valence-electron chi connectivity index (χ2n) is 9.62. The van der Waals surface area contributed by atoms with Gasteiger partial charge in [0, 0.05) is 56.6 Å². The highest BCUT2D eigenvalue weighted by Gasteiger charge is 2.22. The lowest BCUT2D eigenvalue weighted by Gasteiger charge is -2.19. The summed E-state index contributed by atoms with van der Waals surface area (Å²) in [5.74, 6) is 0. The number of nitrogens with zero attached hydrogens (tertiary/aromatic N) is 3. The van der Waals surface area contributed by atoms with Gasteiger partial charge in [-0.05, 0) is 39.7 Å². The van der Waals surface area contributed by atoms with Crippen molar-refractivity contribution in [2.75, 3.05) is 0 Å². The molecule has 0 amide bonds. The molecule has 0 atom stereocenters. The fourth-order valence-electron chi connectivity index (χ4n) is 5.94. The first-order chi connectivity index (χ1) is 18.9. The largest absolute Gasteiger partial charge is 0.256 e. The van der Waals surface area contributed by atoms with E-state index in [9.17, 15) is 0 Å². The average molecular weight is 484 g/mol. The van der Waals surface area contributed by atoms with Crippen molar-refractivity contribution in [1.82, 2.24) is 15.0 Å². The van der Waals surface area contributed by atoms with Gasteiger partial charge >= 0.3 is 0 Å². The number of rotatable bonds is 2. The van der Waals surface area contributed by atoms with Crippen LogP contribution < -0.4 is 0 Å².